The molecule has 130 valence electrons. The van der Waals surface area contributed by atoms with E-state index in [1.807, 2.05) is 13.8 Å². The van der Waals surface area contributed by atoms with E-state index in [-0.39, 0.29) is 23.0 Å². The van der Waals surface area contributed by atoms with Crippen molar-refractivity contribution in [3.63, 3.8) is 0 Å². The minimum Gasteiger partial charge on any atom is -0.360 e. The van der Waals surface area contributed by atoms with Gasteiger partial charge in [-0.2, -0.15) is 0 Å². The maximum absolute atomic E-state index is 13.0. The Balaban J connectivity index is 1.87. The number of halogens is 1. The molecule has 1 heterocycles. The Kier molecular flexibility index (Phi) is 6.99. The predicted octanol–water partition coefficient (Wildman–Crippen LogP) is 3.86. The zero-order valence-corrected chi connectivity index (χ0v) is 15.5. The van der Waals surface area contributed by atoms with Crippen LogP contribution in [0.25, 0.3) is 0 Å². The summed E-state index contributed by atoms with van der Waals surface area (Å²) in [4.78, 5) is 12.3. The van der Waals surface area contributed by atoms with Gasteiger partial charge in [-0.3, -0.25) is 4.79 Å². The number of benzene rings is 1. The van der Waals surface area contributed by atoms with Crippen LogP contribution in [-0.2, 0) is 4.79 Å². The number of thioether (sulfide) groups is 1. The molecule has 1 aromatic carbocycles. The monoisotopic (exact) mass is 368 g/mol. The fourth-order valence-electron chi connectivity index (χ4n) is 1.93. The van der Waals surface area contributed by atoms with E-state index in [4.69, 9.17) is 0 Å². The van der Waals surface area contributed by atoms with Crippen LogP contribution in [0.15, 0.2) is 28.6 Å². The van der Waals surface area contributed by atoms with Crippen molar-refractivity contribution in [3.8, 4) is 0 Å². The normalized spacial score (nSPS) is 13.3. The minimum atomic E-state index is -0.292. The van der Waals surface area contributed by atoms with Crippen LogP contribution in [0.2, 0.25) is 0 Å². The number of hydrogen-bond donors (Lipinski definition) is 2. The van der Waals surface area contributed by atoms with E-state index < -0.39 is 0 Å². The summed E-state index contributed by atoms with van der Waals surface area (Å²) in [6.07, 6.45) is 1.02. The topological polar surface area (TPSA) is 66.9 Å². The van der Waals surface area contributed by atoms with Gasteiger partial charge in [0.1, 0.15) is 5.82 Å². The molecule has 0 bridgehead atoms. The summed E-state index contributed by atoms with van der Waals surface area (Å²) in [6.45, 7) is 6.64. The van der Waals surface area contributed by atoms with E-state index >= 15 is 0 Å². The molecule has 0 unspecified atom stereocenters. The Morgan fingerprint density at radius 1 is 1.29 bits per heavy atom. The van der Waals surface area contributed by atoms with E-state index in [2.05, 4.69) is 27.8 Å². The smallest absolute Gasteiger partial charge is 0.233 e. The standard InChI is InChI=1S/C16H21FN4OS2/c1-4-9-18-15-20-21-16(24-15)23-11(3)14(22)19-10(2)12-5-7-13(17)8-6-12/h5-8,10-11H,4,9H2,1-3H3,(H,18,20)(H,19,22)/t10-,11-/m0/s1. The fraction of sp³-hybridized carbons (Fsp3) is 0.438. The molecule has 2 atom stereocenters. The number of nitrogens with zero attached hydrogens (tertiary/aromatic N) is 2. The Morgan fingerprint density at radius 2 is 2.00 bits per heavy atom. The number of amides is 1. The molecule has 0 saturated carbocycles. The van der Waals surface area contributed by atoms with E-state index in [0.717, 1.165) is 28.0 Å². The lowest BCUT2D eigenvalue weighted by molar-refractivity contribution is -0.120. The highest BCUT2D eigenvalue weighted by Crippen LogP contribution is 2.29. The van der Waals surface area contributed by atoms with E-state index in [1.54, 1.807) is 12.1 Å². The van der Waals surface area contributed by atoms with Crippen LogP contribution in [-0.4, -0.2) is 27.9 Å². The molecule has 8 heteroatoms. The van der Waals surface area contributed by atoms with Gasteiger partial charge in [0, 0.05) is 6.54 Å². The molecule has 0 saturated heterocycles. The number of hydrogen-bond acceptors (Lipinski definition) is 6. The van der Waals surface area contributed by atoms with Gasteiger partial charge >= 0.3 is 0 Å². The van der Waals surface area contributed by atoms with E-state index in [0.29, 0.717) is 0 Å². The van der Waals surface area contributed by atoms with Crippen LogP contribution in [0.1, 0.15) is 38.8 Å². The van der Waals surface area contributed by atoms with Gasteiger partial charge in [0.2, 0.25) is 11.0 Å². The van der Waals surface area contributed by atoms with Gasteiger partial charge in [-0.1, -0.05) is 42.2 Å². The summed E-state index contributed by atoms with van der Waals surface area (Å²) in [7, 11) is 0. The van der Waals surface area contributed by atoms with Gasteiger partial charge < -0.3 is 10.6 Å². The first-order valence-corrected chi connectivity index (χ1v) is 9.49. The summed E-state index contributed by atoms with van der Waals surface area (Å²) in [5.74, 6) is -0.375. The quantitative estimate of drug-likeness (QED) is 0.693. The third-order valence-corrected chi connectivity index (χ3v) is 5.37. The molecule has 5 nitrogen and oxygen atoms in total. The zero-order valence-electron chi connectivity index (χ0n) is 13.9. The second kappa shape index (κ2) is 8.98. The average molecular weight is 369 g/mol. The lowest BCUT2D eigenvalue weighted by Crippen LogP contribution is -2.33. The summed E-state index contributed by atoms with van der Waals surface area (Å²) in [5, 5.41) is 14.7. The van der Waals surface area contributed by atoms with Crippen molar-refractivity contribution in [2.75, 3.05) is 11.9 Å². The molecule has 1 aromatic heterocycles. The van der Waals surface area contributed by atoms with Crippen molar-refractivity contribution in [1.82, 2.24) is 15.5 Å². The second-order valence-corrected chi connectivity index (χ2v) is 7.91. The maximum atomic E-state index is 13.0. The number of rotatable bonds is 8. The summed E-state index contributed by atoms with van der Waals surface area (Å²) >= 11 is 2.82. The fourth-order valence-corrected chi connectivity index (χ4v) is 3.86. The molecule has 0 aliphatic heterocycles. The Morgan fingerprint density at radius 3 is 2.67 bits per heavy atom. The van der Waals surface area contributed by atoms with Gasteiger partial charge in [0.15, 0.2) is 4.34 Å². The predicted molar refractivity (Wildman–Crippen MR) is 97.0 cm³/mol. The Bertz CT molecular complexity index is 662. The molecule has 0 aliphatic rings. The molecule has 0 aliphatic carbocycles. The third-order valence-electron chi connectivity index (χ3n) is 3.31. The summed E-state index contributed by atoms with van der Waals surface area (Å²) < 4.78 is 13.7. The molecule has 2 rings (SSSR count). The minimum absolute atomic E-state index is 0.0879. The van der Waals surface area contributed by atoms with E-state index in [1.165, 1.54) is 35.2 Å². The van der Waals surface area contributed by atoms with Crippen LogP contribution in [0.5, 0.6) is 0 Å². The van der Waals surface area contributed by atoms with Crippen molar-refractivity contribution < 1.29 is 9.18 Å². The molecular weight excluding hydrogens is 347 g/mol. The van der Waals surface area contributed by atoms with Gasteiger partial charge in [0.25, 0.3) is 0 Å². The number of carbonyl (C=O) groups excluding carboxylic acids is 1. The summed E-state index contributed by atoms with van der Waals surface area (Å²) in [5.41, 5.74) is 0.865. The lowest BCUT2D eigenvalue weighted by Gasteiger charge is -2.17. The van der Waals surface area contributed by atoms with Crippen molar-refractivity contribution in [2.24, 2.45) is 0 Å². The first kappa shape index (κ1) is 18.7. The molecular formula is C16H21FN4OS2. The van der Waals surface area contributed by atoms with Crippen molar-refractivity contribution >= 4 is 34.1 Å². The lowest BCUT2D eigenvalue weighted by atomic mass is 10.1. The van der Waals surface area contributed by atoms with E-state index in [9.17, 15) is 9.18 Å². The van der Waals surface area contributed by atoms with Gasteiger partial charge in [-0.15, -0.1) is 10.2 Å². The number of carbonyl (C=O) groups is 1. The van der Waals surface area contributed by atoms with Gasteiger partial charge in [-0.05, 0) is 38.0 Å². The maximum Gasteiger partial charge on any atom is 0.233 e. The zero-order chi connectivity index (χ0) is 17.5. The number of anilines is 1. The van der Waals surface area contributed by atoms with Crippen molar-refractivity contribution in [2.45, 2.75) is 42.8 Å². The molecule has 1 amide bonds. The molecule has 0 fully saturated rings. The first-order valence-electron chi connectivity index (χ1n) is 7.79. The number of nitrogens with one attached hydrogen (secondary N) is 2. The largest absolute Gasteiger partial charge is 0.360 e. The second-order valence-electron chi connectivity index (χ2n) is 5.34. The van der Waals surface area contributed by atoms with Gasteiger partial charge in [-0.25, -0.2) is 4.39 Å². The molecule has 0 radical (unpaired) electrons. The SMILES string of the molecule is CCCNc1nnc(S[C@@H](C)C(=O)N[C@@H](C)c2ccc(F)cc2)s1. The molecule has 2 aromatic rings. The van der Waals surface area contributed by atoms with Crippen LogP contribution in [0.3, 0.4) is 0 Å². The highest BCUT2D eigenvalue weighted by molar-refractivity contribution is 8.02. The summed E-state index contributed by atoms with van der Waals surface area (Å²) in [6, 6.07) is 5.95. The Hall–Kier alpha value is -1.67. The Labute approximate surface area is 149 Å². The van der Waals surface area contributed by atoms with Crippen molar-refractivity contribution in [3.05, 3.63) is 35.6 Å². The molecule has 0 spiro atoms. The highest BCUT2D eigenvalue weighted by Gasteiger charge is 2.19. The molecule has 24 heavy (non-hydrogen) atoms. The van der Waals surface area contributed by atoms with Crippen LogP contribution in [0, 0.1) is 5.82 Å². The van der Waals surface area contributed by atoms with Crippen LogP contribution in [0.4, 0.5) is 9.52 Å². The van der Waals surface area contributed by atoms with Gasteiger partial charge in [0.05, 0.1) is 11.3 Å². The van der Waals surface area contributed by atoms with Crippen molar-refractivity contribution in [1.29, 1.82) is 0 Å². The highest BCUT2D eigenvalue weighted by atomic mass is 32.2. The van der Waals surface area contributed by atoms with Crippen LogP contribution >= 0.6 is 23.1 Å². The average Bonchev–Trinajstić information content (AvgIpc) is 3.00. The number of aromatic nitrogens is 2. The van der Waals surface area contributed by atoms with Crippen LogP contribution < -0.4 is 10.6 Å². The third kappa shape index (κ3) is 5.45. The first-order chi connectivity index (χ1) is 11.5. The molecule has 2 N–H and O–H groups in total.